The fourth-order valence-corrected chi connectivity index (χ4v) is 1.12. The van der Waals surface area contributed by atoms with Crippen LogP contribution in [0.4, 0.5) is 10.1 Å². The number of hydrogen-bond donors (Lipinski definition) is 0. The third kappa shape index (κ3) is 2.07. The van der Waals surface area contributed by atoms with Crippen LogP contribution in [0.5, 0.6) is 0 Å². The highest BCUT2D eigenvalue weighted by molar-refractivity contribution is 5.37. The van der Waals surface area contributed by atoms with Gasteiger partial charge in [-0.05, 0) is 17.0 Å². The Labute approximate surface area is 81.7 Å². The van der Waals surface area contributed by atoms with Crippen molar-refractivity contribution in [2.75, 3.05) is 0 Å². The number of nitro benzene ring substituents is 1. The molecule has 0 aliphatic heterocycles. The Morgan fingerprint density at radius 1 is 1.36 bits per heavy atom. The summed E-state index contributed by atoms with van der Waals surface area (Å²) in [4.78, 5) is 9.63. The topological polar surface area (TPSA) is 43.1 Å². The van der Waals surface area contributed by atoms with Crippen LogP contribution in [0.15, 0.2) is 18.2 Å². The third-order valence-corrected chi connectivity index (χ3v) is 2.01. The summed E-state index contributed by atoms with van der Waals surface area (Å²) in [7, 11) is 0. The monoisotopic (exact) mass is 197 g/mol. The van der Waals surface area contributed by atoms with Crippen molar-refractivity contribution in [1.82, 2.24) is 0 Å². The Hall–Kier alpha value is -1.45. The molecule has 0 atom stereocenters. The third-order valence-electron chi connectivity index (χ3n) is 2.01. The van der Waals surface area contributed by atoms with E-state index in [4.69, 9.17) is 0 Å². The maximum Gasteiger partial charge on any atom is 0.304 e. The number of nitrogens with zero attached hydrogens (tertiary/aromatic N) is 1. The molecule has 0 aliphatic rings. The minimum absolute atomic E-state index is 0.198. The fourth-order valence-electron chi connectivity index (χ4n) is 1.12. The number of halogens is 1. The van der Waals surface area contributed by atoms with Crippen molar-refractivity contribution in [3.8, 4) is 0 Å². The van der Waals surface area contributed by atoms with Gasteiger partial charge in [-0.15, -0.1) is 0 Å². The number of nitro groups is 1. The van der Waals surface area contributed by atoms with Crippen LogP contribution in [0, 0.1) is 15.9 Å². The van der Waals surface area contributed by atoms with Gasteiger partial charge >= 0.3 is 5.69 Å². The van der Waals surface area contributed by atoms with Gasteiger partial charge in [0.15, 0.2) is 0 Å². The molecule has 14 heavy (non-hydrogen) atoms. The molecule has 0 spiro atoms. The second kappa shape index (κ2) is 3.36. The largest absolute Gasteiger partial charge is 0.304 e. The van der Waals surface area contributed by atoms with Crippen molar-refractivity contribution in [2.24, 2.45) is 0 Å². The van der Waals surface area contributed by atoms with E-state index in [1.807, 2.05) is 20.8 Å². The summed E-state index contributed by atoms with van der Waals surface area (Å²) < 4.78 is 13.2. The molecule has 0 saturated carbocycles. The minimum atomic E-state index is -0.776. The first kappa shape index (κ1) is 10.6. The molecule has 1 aromatic carbocycles. The maximum absolute atomic E-state index is 13.2. The summed E-state index contributed by atoms with van der Waals surface area (Å²) in [5.41, 5.74) is 0.0780. The van der Waals surface area contributed by atoms with Crippen LogP contribution in [0.2, 0.25) is 0 Å². The smallest absolute Gasteiger partial charge is 0.258 e. The van der Waals surface area contributed by atoms with Crippen molar-refractivity contribution in [2.45, 2.75) is 26.2 Å². The Kier molecular flexibility index (Phi) is 2.55. The zero-order valence-electron chi connectivity index (χ0n) is 8.37. The van der Waals surface area contributed by atoms with E-state index in [9.17, 15) is 14.5 Å². The standard InChI is InChI=1S/C10H12FNO2/c1-10(2,3)7-4-5-9(12(13)14)8(11)6-7/h4-6H,1-3H3. The lowest BCUT2D eigenvalue weighted by atomic mass is 9.87. The molecule has 0 unspecified atom stereocenters. The Morgan fingerprint density at radius 3 is 2.29 bits per heavy atom. The molecule has 3 nitrogen and oxygen atoms in total. The van der Waals surface area contributed by atoms with Crippen LogP contribution in [0.3, 0.4) is 0 Å². The molecule has 0 radical (unpaired) electrons. The fraction of sp³-hybridized carbons (Fsp3) is 0.400. The Bertz CT molecular complexity index is 369. The Morgan fingerprint density at radius 2 is 1.93 bits per heavy atom. The molecule has 4 heteroatoms. The van der Waals surface area contributed by atoms with Gasteiger partial charge in [0.2, 0.25) is 5.82 Å². The average Bonchev–Trinajstić information content (AvgIpc) is 2.01. The maximum atomic E-state index is 13.2. The van der Waals surface area contributed by atoms with Crippen LogP contribution in [0.1, 0.15) is 26.3 Å². The van der Waals surface area contributed by atoms with Gasteiger partial charge in [-0.2, -0.15) is 4.39 Å². The van der Waals surface area contributed by atoms with E-state index in [-0.39, 0.29) is 5.41 Å². The van der Waals surface area contributed by atoms with E-state index < -0.39 is 16.4 Å². The molecule has 0 N–H and O–H groups in total. The van der Waals surface area contributed by atoms with E-state index >= 15 is 0 Å². The zero-order valence-corrected chi connectivity index (χ0v) is 8.37. The number of benzene rings is 1. The Balaban J connectivity index is 3.20. The second-order valence-corrected chi connectivity index (χ2v) is 4.17. The predicted molar refractivity (Wildman–Crippen MR) is 51.8 cm³/mol. The molecule has 0 bridgehead atoms. The summed E-state index contributed by atoms with van der Waals surface area (Å²) in [6.45, 7) is 5.77. The van der Waals surface area contributed by atoms with Gasteiger partial charge in [0, 0.05) is 6.07 Å². The van der Waals surface area contributed by atoms with E-state index in [1.165, 1.54) is 12.1 Å². The highest BCUT2D eigenvalue weighted by atomic mass is 19.1. The first-order valence-corrected chi connectivity index (χ1v) is 4.27. The summed E-state index contributed by atoms with van der Waals surface area (Å²) in [6, 6.07) is 4.01. The summed E-state index contributed by atoms with van der Waals surface area (Å²) in [5, 5.41) is 10.3. The van der Waals surface area contributed by atoms with Gasteiger partial charge in [-0.25, -0.2) is 0 Å². The van der Waals surface area contributed by atoms with E-state index in [0.717, 1.165) is 5.56 Å². The van der Waals surface area contributed by atoms with Gasteiger partial charge in [-0.1, -0.05) is 26.8 Å². The average molecular weight is 197 g/mol. The molecule has 76 valence electrons. The molecular formula is C10H12FNO2. The normalized spacial score (nSPS) is 11.4. The van der Waals surface area contributed by atoms with Crippen LogP contribution >= 0.6 is 0 Å². The van der Waals surface area contributed by atoms with Crippen molar-refractivity contribution in [1.29, 1.82) is 0 Å². The van der Waals surface area contributed by atoms with Crippen molar-refractivity contribution >= 4 is 5.69 Å². The molecule has 0 aromatic heterocycles. The summed E-state index contributed by atoms with van der Waals surface area (Å²) >= 11 is 0. The van der Waals surface area contributed by atoms with Crippen LogP contribution < -0.4 is 0 Å². The summed E-state index contributed by atoms with van der Waals surface area (Å²) in [5.74, 6) is -0.776. The lowest BCUT2D eigenvalue weighted by Gasteiger charge is -2.18. The minimum Gasteiger partial charge on any atom is -0.258 e. The van der Waals surface area contributed by atoms with Crippen LogP contribution in [-0.2, 0) is 5.41 Å². The summed E-state index contributed by atoms with van der Waals surface area (Å²) in [6.07, 6.45) is 0. The van der Waals surface area contributed by atoms with Crippen LogP contribution in [-0.4, -0.2) is 4.92 Å². The van der Waals surface area contributed by atoms with Crippen molar-refractivity contribution in [3.05, 3.63) is 39.7 Å². The van der Waals surface area contributed by atoms with Gasteiger partial charge in [0.05, 0.1) is 4.92 Å². The number of hydrogen-bond acceptors (Lipinski definition) is 2. The molecule has 0 heterocycles. The molecule has 1 rings (SSSR count). The van der Waals surface area contributed by atoms with Crippen molar-refractivity contribution < 1.29 is 9.31 Å². The lowest BCUT2D eigenvalue weighted by molar-refractivity contribution is -0.387. The SMILES string of the molecule is CC(C)(C)c1ccc([N+](=O)[O-])c(F)c1. The second-order valence-electron chi connectivity index (χ2n) is 4.17. The zero-order chi connectivity index (χ0) is 10.9. The molecule has 0 aliphatic carbocycles. The van der Waals surface area contributed by atoms with E-state index in [0.29, 0.717) is 0 Å². The van der Waals surface area contributed by atoms with Crippen molar-refractivity contribution in [3.63, 3.8) is 0 Å². The van der Waals surface area contributed by atoms with E-state index in [1.54, 1.807) is 6.07 Å². The molecule has 1 aromatic rings. The highest BCUT2D eigenvalue weighted by Gasteiger charge is 2.19. The van der Waals surface area contributed by atoms with Gasteiger partial charge in [0.1, 0.15) is 0 Å². The quantitative estimate of drug-likeness (QED) is 0.513. The molecule has 0 fully saturated rings. The molecular weight excluding hydrogens is 185 g/mol. The van der Waals surface area contributed by atoms with Gasteiger partial charge < -0.3 is 0 Å². The first-order chi connectivity index (χ1) is 6.32. The molecule has 0 amide bonds. The van der Waals surface area contributed by atoms with E-state index in [2.05, 4.69) is 0 Å². The number of rotatable bonds is 1. The lowest BCUT2D eigenvalue weighted by Crippen LogP contribution is -2.11. The first-order valence-electron chi connectivity index (χ1n) is 4.27. The molecule has 0 saturated heterocycles. The van der Waals surface area contributed by atoms with Gasteiger partial charge in [-0.3, -0.25) is 10.1 Å². The predicted octanol–water partition coefficient (Wildman–Crippen LogP) is 3.03. The van der Waals surface area contributed by atoms with Gasteiger partial charge in [0.25, 0.3) is 0 Å². The van der Waals surface area contributed by atoms with Crippen LogP contribution in [0.25, 0.3) is 0 Å². The highest BCUT2D eigenvalue weighted by Crippen LogP contribution is 2.26.